The number of ether oxygens (including phenoxy) is 1. The van der Waals surface area contributed by atoms with E-state index in [0.29, 0.717) is 10.9 Å². The number of rotatable bonds is 8. The molecule has 0 aliphatic rings. The zero-order chi connectivity index (χ0) is 18.4. The highest BCUT2D eigenvalue weighted by Crippen LogP contribution is 2.21. The Hall–Kier alpha value is -2.31. The molecule has 1 aromatic heterocycles. The van der Waals surface area contributed by atoms with Crippen LogP contribution in [0.1, 0.15) is 19.0 Å². The van der Waals surface area contributed by atoms with E-state index in [-0.39, 0.29) is 12.2 Å². The Bertz CT molecular complexity index is 926. The van der Waals surface area contributed by atoms with Crippen LogP contribution in [0, 0.1) is 0 Å². The predicted molar refractivity (Wildman–Crippen MR) is 105 cm³/mol. The van der Waals surface area contributed by atoms with Gasteiger partial charge in [0, 0.05) is 17.5 Å². The lowest BCUT2D eigenvalue weighted by Gasteiger charge is -2.12. The molecule has 26 heavy (non-hydrogen) atoms. The Labute approximate surface area is 156 Å². The maximum absolute atomic E-state index is 11.7. The lowest BCUT2D eigenvalue weighted by atomic mass is 10.1. The van der Waals surface area contributed by atoms with Crippen LogP contribution in [0.2, 0.25) is 0 Å². The minimum absolute atomic E-state index is 0.159. The number of hydrogen-bond donors (Lipinski definition) is 2. The molecule has 1 atom stereocenters. The molecular formula is C20H22N2O3S. The third kappa shape index (κ3) is 5.09. The lowest BCUT2D eigenvalue weighted by Crippen LogP contribution is -2.20. The number of aliphatic hydroxyl groups excluding tert-OH is 1. The van der Waals surface area contributed by atoms with E-state index in [1.165, 1.54) is 17.8 Å². The summed E-state index contributed by atoms with van der Waals surface area (Å²) in [7, 11) is 0. The monoisotopic (exact) mass is 370 g/mol. The summed E-state index contributed by atoms with van der Waals surface area (Å²) < 4.78 is 5.69. The Morgan fingerprint density at radius 2 is 2.00 bits per heavy atom. The molecule has 3 aromatic rings. The van der Waals surface area contributed by atoms with Gasteiger partial charge in [0.15, 0.2) is 5.16 Å². The molecule has 2 aromatic carbocycles. The summed E-state index contributed by atoms with van der Waals surface area (Å²) in [5.74, 6) is 1.12. The van der Waals surface area contributed by atoms with Crippen LogP contribution in [0.3, 0.4) is 0 Å². The van der Waals surface area contributed by atoms with Crippen LogP contribution in [0.5, 0.6) is 5.75 Å². The van der Waals surface area contributed by atoms with Gasteiger partial charge < -0.3 is 14.8 Å². The van der Waals surface area contributed by atoms with Crippen molar-refractivity contribution < 1.29 is 9.84 Å². The maximum atomic E-state index is 11.7. The molecule has 0 radical (unpaired) electrons. The third-order valence-corrected chi connectivity index (χ3v) is 4.87. The second-order valence-electron chi connectivity index (χ2n) is 6.08. The fourth-order valence-electron chi connectivity index (χ4n) is 2.61. The highest BCUT2D eigenvalue weighted by atomic mass is 32.2. The van der Waals surface area contributed by atoms with Crippen LogP contribution in [0.25, 0.3) is 10.8 Å². The van der Waals surface area contributed by atoms with Crippen LogP contribution < -0.4 is 10.3 Å². The molecule has 0 bridgehead atoms. The van der Waals surface area contributed by atoms with Gasteiger partial charge in [0.2, 0.25) is 0 Å². The number of aryl methyl sites for hydroxylation is 1. The standard InChI is InChI=1S/C20H22N2O3S/c1-2-5-16-11-19(24)22-20(21-16)26-13-17(23)12-25-18-9-8-14-6-3-4-7-15(14)10-18/h3-4,6-11,17,23H,2,5,12-13H2,1H3,(H,21,22,24). The van der Waals surface area contributed by atoms with Crippen molar-refractivity contribution in [3.8, 4) is 5.75 Å². The van der Waals surface area contributed by atoms with E-state index < -0.39 is 6.10 Å². The highest BCUT2D eigenvalue weighted by molar-refractivity contribution is 7.99. The minimum atomic E-state index is -0.661. The van der Waals surface area contributed by atoms with Crippen LogP contribution in [0.4, 0.5) is 0 Å². The highest BCUT2D eigenvalue weighted by Gasteiger charge is 2.09. The van der Waals surface area contributed by atoms with Crippen LogP contribution in [-0.2, 0) is 6.42 Å². The molecule has 5 nitrogen and oxygen atoms in total. The summed E-state index contributed by atoms with van der Waals surface area (Å²) in [6.07, 6.45) is 1.04. The second kappa shape index (κ2) is 8.87. The predicted octanol–water partition coefficient (Wildman–Crippen LogP) is 3.41. The molecule has 0 aliphatic carbocycles. The third-order valence-electron chi connectivity index (χ3n) is 3.85. The molecular weight excluding hydrogens is 348 g/mol. The molecule has 0 spiro atoms. The van der Waals surface area contributed by atoms with E-state index >= 15 is 0 Å². The van der Waals surface area contributed by atoms with Gasteiger partial charge in [-0.05, 0) is 29.3 Å². The molecule has 0 saturated heterocycles. The molecule has 2 N–H and O–H groups in total. The molecule has 0 amide bonds. The number of hydrogen-bond acceptors (Lipinski definition) is 5. The van der Waals surface area contributed by atoms with E-state index in [4.69, 9.17) is 4.74 Å². The molecule has 1 unspecified atom stereocenters. The summed E-state index contributed by atoms with van der Waals surface area (Å²) in [5.41, 5.74) is 0.619. The van der Waals surface area contributed by atoms with E-state index in [1.807, 2.05) is 49.4 Å². The van der Waals surface area contributed by atoms with Crippen molar-refractivity contribution in [2.24, 2.45) is 0 Å². The average Bonchev–Trinajstić information content (AvgIpc) is 2.64. The van der Waals surface area contributed by atoms with E-state index in [2.05, 4.69) is 9.97 Å². The fourth-order valence-corrected chi connectivity index (χ4v) is 3.41. The van der Waals surface area contributed by atoms with Gasteiger partial charge in [0.25, 0.3) is 5.56 Å². The van der Waals surface area contributed by atoms with Gasteiger partial charge in [0.05, 0.1) is 6.10 Å². The van der Waals surface area contributed by atoms with E-state index in [1.54, 1.807) is 0 Å². The average molecular weight is 370 g/mol. The molecule has 6 heteroatoms. The first kappa shape index (κ1) is 18.5. The van der Waals surface area contributed by atoms with Crippen LogP contribution in [-0.4, -0.2) is 33.5 Å². The summed E-state index contributed by atoms with van der Waals surface area (Å²) >= 11 is 1.32. The minimum Gasteiger partial charge on any atom is -0.491 e. The van der Waals surface area contributed by atoms with Crippen molar-refractivity contribution in [1.82, 2.24) is 9.97 Å². The molecule has 0 aliphatic heterocycles. The number of benzene rings is 2. The summed E-state index contributed by atoms with van der Waals surface area (Å²) in [4.78, 5) is 18.8. The first-order valence-electron chi connectivity index (χ1n) is 8.67. The first-order chi connectivity index (χ1) is 12.6. The number of thioether (sulfide) groups is 1. The summed E-state index contributed by atoms with van der Waals surface area (Å²) in [6, 6.07) is 15.4. The smallest absolute Gasteiger partial charge is 0.251 e. The zero-order valence-corrected chi connectivity index (χ0v) is 15.5. The number of aromatic nitrogens is 2. The SMILES string of the molecule is CCCc1cc(=O)[nH]c(SCC(O)COc2ccc3ccccc3c2)n1. The number of aromatic amines is 1. The van der Waals surface area contributed by atoms with Gasteiger partial charge in [-0.3, -0.25) is 4.79 Å². The summed E-state index contributed by atoms with van der Waals surface area (Å²) in [6.45, 7) is 2.23. The van der Waals surface area contributed by atoms with Crippen molar-refractivity contribution >= 4 is 22.5 Å². The van der Waals surface area contributed by atoms with Gasteiger partial charge in [0.1, 0.15) is 12.4 Å². The van der Waals surface area contributed by atoms with Gasteiger partial charge in [-0.1, -0.05) is 55.4 Å². The van der Waals surface area contributed by atoms with Crippen molar-refractivity contribution in [1.29, 1.82) is 0 Å². The molecule has 3 rings (SSSR count). The van der Waals surface area contributed by atoms with E-state index in [0.717, 1.165) is 35.1 Å². The maximum Gasteiger partial charge on any atom is 0.251 e. The fraction of sp³-hybridized carbons (Fsp3) is 0.300. The summed E-state index contributed by atoms with van der Waals surface area (Å²) in [5, 5.41) is 12.9. The van der Waals surface area contributed by atoms with Gasteiger partial charge >= 0.3 is 0 Å². The van der Waals surface area contributed by atoms with Crippen molar-refractivity contribution in [3.63, 3.8) is 0 Å². The normalized spacial score (nSPS) is 12.2. The van der Waals surface area contributed by atoms with Crippen molar-refractivity contribution in [2.45, 2.75) is 31.0 Å². The van der Waals surface area contributed by atoms with Crippen molar-refractivity contribution in [3.05, 3.63) is 64.6 Å². The second-order valence-corrected chi connectivity index (χ2v) is 7.09. The van der Waals surface area contributed by atoms with Gasteiger partial charge in [-0.15, -0.1) is 0 Å². The number of H-pyrrole nitrogens is 1. The molecule has 1 heterocycles. The zero-order valence-electron chi connectivity index (χ0n) is 14.6. The molecule has 0 fully saturated rings. The number of nitrogens with one attached hydrogen (secondary N) is 1. The Morgan fingerprint density at radius 3 is 2.81 bits per heavy atom. The Morgan fingerprint density at radius 1 is 1.19 bits per heavy atom. The number of fused-ring (bicyclic) bond motifs is 1. The molecule has 136 valence electrons. The quantitative estimate of drug-likeness (QED) is 0.469. The molecule has 0 saturated carbocycles. The van der Waals surface area contributed by atoms with Gasteiger partial charge in [-0.2, -0.15) is 0 Å². The number of aliphatic hydroxyl groups is 1. The number of nitrogens with zero attached hydrogens (tertiary/aromatic N) is 1. The van der Waals surface area contributed by atoms with Crippen molar-refractivity contribution in [2.75, 3.05) is 12.4 Å². The lowest BCUT2D eigenvalue weighted by molar-refractivity contribution is 0.126. The Kier molecular flexibility index (Phi) is 6.30. The van der Waals surface area contributed by atoms with Crippen LogP contribution in [0.15, 0.2) is 58.5 Å². The largest absolute Gasteiger partial charge is 0.491 e. The van der Waals surface area contributed by atoms with Crippen LogP contribution >= 0.6 is 11.8 Å². The first-order valence-corrected chi connectivity index (χ1v) is 9.65. The Balaban J connectivity index is 1.53. The van der Waals surface area contributed by atoms with E-state index in [9.17, 15) is 9.90 Å². The topological polar surface area (TPSA) is 75.2 Å². The van der Waals surface area contributed by atoms with Gasteiger partial charge in [-0.25, -0.2) is 4.98 Å².